The molecular weight excluding hydrogens is 883 g/mol. The zero-order valence-electron chi connectivity index (χ0n) is 44.0. The van der Waals surface area contributed by atoms with E-state index in [0.29, 0.717) is 12.8 Å². The molecule has 6 N–H and O–H groups in total. The van der Waals surface area contributed by atoms with Gasteiger partial charge in [-0.2, -0.15) is 8.42 Å². The summed E-state index contributed by atoms with van der Waals surface area (Å²) in [6.45, 7) is 3.47. The summed E-state index contributed by atoms with van der Waals surface area (Å²) in [5.41, 5.74) is 0. The van der Waals surface area contributed by atoms with Crippen LogP contribution < -0.4 is 5.32 Å². The van der Waals surface area contributed by atoms with E-state index in [-0.39, 0.29) is 12.5 Å². The quantitative estimate of drug-likeness (QED) is 0.0251. The van der Waals surface area contributed by atoms with Crippen molar-refractivity contribution in [2.45, 2.75) is 333 Å². The fourth-order valence-electron chi connectivity index (χ4n) is 9.70. The summed E-state index contributed by atoms with van der Waals surface area (Å²) in [5, 5.41) is 45.0. The van der Waals surface area contributed by atoms with E-state index in [1.54, 1.807) is 0 Å². The molecule has 0 aromatic heterocycles. The molecule has 0 radical (unpaired) electrons. The second-order valence-electron chi connectivity index (χ2n) is 20.6. The molecule has 13 heteroatoms. The molecule has 0 bridgehead atoms. The lowest BCUT2D eigenvalue weighted by Crippen LogP contribution is -2.61. The van der Waals surface area contributed by atoms with Crippen molar-refractivity contribution in [3.8, 4) is 0 Å². The van der Waals surface area contributed by atoms with Crippen LogP contribution in [0.15, 0.2) is 0 Å². The number of aliphatic hydroxyl groups is 4. The normalized spacial score (nSPS) is 19.7. The minimum absolute atomic E-state index is 0.224. The first-order valence-electron chi connectivity index (χ1n) is 28.9. The standard InChI is InChI=1S/C55H109NO11S/c1-3-5-7-9-11-13-15-16-17-18-19-20-21-22-23-24-25-26-27-28-29-30-31-32-33-35-37-39-41-43-45-51(59)56-48(49(58)44-42-40-38-36-34-14-12-10-8-6-4-2)47-65-55-53(61)54(67-68(62,63)64)52(60)50(46-57)66-55/h48-50,52-55,57-58,60-61H,3-47H2,1-2H3,(H,56,59)(H,62,63,64). The predicted molar refractivity (Wildman–Crippen MR) is 278 cm³/mol. The van der Waals surface area contributed by atoms with E-state index in [9.17, 15) is 38.2 Å². The molecule has 1 aliphatic heterocycles. The van der Waals surface area contributed by atoms with E-state index < -0.39 is 59.9 Å². The summed E-state index contributed by atoms with van der Waals surface area (Å²) in [5.74, 6) is -0.224. The third-order valence-electron chi connectivity index (χ3n) is 14.2. The van der Waals surface area contributed by atoms with Crippen molar-refractivity contribution in [1.82, 2.24) is 5.32 Å². The van der Waals surface area contributed by atoms with Gasteiger partial charge in [-0.15, -0.1) is 0 Å². The summed E-state index contributed by atoms with van der Waals surface area (Å²) in [6.07, 6.45) is 44.3. The van der Waals surface area contributed by atoms with Gasteiger partial charge in [-0.25, -0.2) is 4.18 Å². The van der Waals surface area contributed by atoms with Gasteiger partial charge in [0.2, 0.25) is 5.91 Å². The average molecular weight is 993 g/mol. The van der Waals surface area contributed by atoms with Crippen LogP contribution in [0.4, 0.5) is 0 Å². The minimum Gasteiger partial charge on any atom is -0.394 e. The number of carbonyl (C=O) groups excluding carboxylic acids is 1. The molecular formula is C55H109NO11S. The van der Waals surface area contributed by atoms with E-state index in [1.807, 2.05) is 0 Å². The Balaban J connectivity index is 2.21. The Morgan fingerprint density at radius 3 is 1.18 bits per heavy atom. The van der Waals surface area contributed by atoms with E-state index in [2.05, 4.69) is 23.3 Å². The van der Waals surface area contributed by atoms with Crippen molar-refractivity contribution < 1.29 is 51.8 Å². The highest BCUT2D eigenvalue weighted by Gasteiger charge is 2.48. The zero-order valence-corrected chi connectivity index (χ0v) is 44.8. The van der Waals surface area contributed by atoms with Crippen LogP contribution in [0.5, 0.6) is 0 Å². The van der Waals surface area contributed by atoms with Crippen molar-refractivity contribution >= 4 is 16.3 Å². The molecule has 0 aliphatic carbocycles. The van der Waals surface area contributed by atoms with Crippen LogP contribution in [0.3, 0.4) is 0 Å². The van der Waals surface area contributed by atoms with Crippen molar-refractivity contribution in [3.05, 3.63) is 0 Å². The maximum Gasteiger partial charge on any atom is 0.397 e. The lowest BCUT2D eigenvalue weighted by molar-refractivity contribution is -0.298. The van der Waals surface area contributed by atoms with E-state index >= 15 is 0 Å². The van der Waals surface area contributed by atoms with Gasteiger partial charge in [-0.1, -0.05) is 271 Å². The van der Waals surface area contributed by atoms with Crippen LogP contribution in [0.25, 0.3) is 0 Å². The average Bonchev–Trinajstić information content (AvgIpc) is 3.31. The fourth-order valence-corrected chi connectivity index (χ4v) is 10.2. The summed E-state index contributed by atoms with van der Waals surface area (Å²) in [7, 11) is -5.07. The van der Waals surface area contributed by atoms with Gasteiger partial charge in [-0.05, 0) is 12.8 Å². The lowest BCUT2D eigenvalue weighted by Gasteiger charge is -2.41. The zero-order chi connectivity index (χ0) is 49.8. The van der Waals surface area contributed by atoms with Crippen molar-refractivity contribution in [2.75, 3.05) is 13.2 Å². The number of unbranched alkanes of at least 4 members (excludes halogenated alkanes) is 39. The second-order valence-corrected chi connectivity index (χ2v) is 21.6. The molecule has 1 amide bonds. The van der Waals surface area contributed by atoms with E-state index in [1.165, 1.54) is 212 Å². The molecule has 0 spiro atoms. The molecule has 1 heterocycles. The SMILES string of the molecule is CCCCCCCCCCCCCCCCCCCCCCCCCCCCCCCCC(=O)NC(COC1OC(CO)C(O)C(OS(=O)(=O)O)C1O)C(O)CCCCCCCCCCCCC. The topological polar surface area (TPSA) is 192 Å². The maximum atomic E-state index is 13.1. The highest BCUT2D eigenvalue weighted by atomic mass is 32.3. The molecule has 1 saturated heterocycles. The molecule has 406 valence electrons. The number of nitrogens with one attached hydrogen (secondary N) is 1. The third kappa shape index (κ3) is 37.8. The highest BCUT2D eigenvalue weighted by molar-refractivity contribution is 7.80. The maximum absolute atomic E-state index is 13.1. The lowest BCUT2D eigenvalue weighted by atomic mass is 9.99. The van der Waals surface area contributed by atoms with Gasteiger partial charge in [0.15, 0.2) is 6.29 Å². The van der Waals surface area contributed by atoms with Gasteiger partial charge in [0.1, 0.15) is 24.4 Å². The molecule has 1 fully saturated rings. The smallest absolute Gasteiger partial charge is 0.394 e. The Morgan fingerprint density at radius 1 is 0.529 bits per heavy atom. The number of hydrogen-bond acceptors (Lipinski definition) is 10. The number of hydrogen-bond donors (Lipinski definition) is 6. The molecule has 68 heavy (non-hydrogen) atoms. The Hall–Kier alpha value is -0.900. The van der Waals surface area contributed by atoms with E-state index in [4.69, 9.17) is 9.47 Å². The summed E-state index contributed by atoms with van der Waals surface area (Å²) in [6, 6.07) is -0.852. The van der Waals surface area contributed by atoms with Crippen molar-refractivity contribution in [2.24, 2.45) is 0 Å². The largest absolute Gasteiger partial charge is 0.397 e. The molecule has 0 aromatic carbocycles. The Morgan fingerprint density at radius 2 is 0.853 bits per heavy atom. The van der Waals surface area contributed by atoms with Crippen LogP contribution in [-0.4, -0.2) is 95.4 Å². The Labute approximate surface area is 418 Å². The summed E-state index contributed by atoms with van der Waals surface area (Å²) >= 11 is 0. The second kappa shape index (κ2) is 45.9. The van der Waals surface area contributed by atoms with Crippen molar-refractivity contribution in [3.63, 3.8) is 0 Å². The molecule has 0 saturated carbocycles. The van der Waals surface area contributed by atoms with Gasteiger partial charge in [0.05, 0.1) is 25.4 Å². The monoisotopic (exact) mass is 992 g/mol. The first-order valence-corrected chi connectivity index (χ1v) is 30.3. The Bertz CT molecular complexity index is 1210. The van der Waals surface area contributed by atoms with Gasteiger partial charge in [0.25, 0.3) is 0 Å². The predicted octanol–water partition coefficient (Wildman–Crippen LogP) is 13.3. The van der Waals surface area contributed by atoms with Crippen LogP contribution in [-0.2, 0) is 28.9 Å². The number of carbonyl (C=O) groups is 1. The molecule has 0 aromatic rings. The van der Waals surface area contributed by atoms with Gasteiger partial charge in [-0.3, -0.25) is 9.35 Å². The van der Waals surface area contributed by atoms with Crippen LogP contribution in [0.2, 0.25) is 0 Å². The number of aliphatic hydroxyl groups excluding tert-OH is 4. The first-order chi connectivity index (χ1) is 33.0. The molecule has 1 aliphatic rings. The molecule has 7 unspecified atom stereocenters. The third-order valence-corrected chi connectivity index (χ3v) is 14.6. The summed E-state index contributed by atoms with van der Waals surface area (Å²) < 4.78 is 47.8. The number of amides is 1. The molecule has 1 rings (SSSR count). The minimum atomic E-state index is -5.07. The van der Waals surface area contributed by atoms with E-state index in [0.717, 1.165) is 51.4 Å². The van der Waals surface area contributed by atoms with Crippen LogP contribution in [0.1, 0.15) is 290 Å². The number of ether oxygens (including phenoxy) is 2. The van der Waals surface area contributed by atoms with Gasteiger partial charge >= 0.3 is 10.4 Å². The van der Waals surface area contributed by atoms with Crippen molar-refractivity contribution in [1.29, 1.82) is 0 Å². The molecule has 12 nitrogen and oxygen atoms in total. The Kier molecular flexibility index (Phi) is 44.0. The summed E-state index contributed by atoms with van der Waals surface area (Å²) in [4.78, 5) is 13.1. The van der Waals surface area contributed by atoms with Gasteiger partial charge < -0.3 is 35.2 Å². The van der Waals surface area contributed by atoms with Gasteiger partial charge in [0, 0.05) is 6.42 Å². The van der Waals surface area contributed by atoms with Crippen LogP contribution in [0, 0.1) is 0 Å². The molecule has 7 atom stereocenters. The van der Waals surface area contributed by atoms with Crippen LogP contribution >= 0.6 is 0 Å². The highest BCUT2D eigenvalue weighted by Crippen LogP contribution is 2.26. The first kappa shape index (κ1) is 65.1. The fraction of sp³-hybridized carbons (Fsp3) is 0.982. The number of rotatable bonds is 51.